The van der Waals surface area contributed by atoms with Crippen LogP contribution in [0.3, 0.4) is 0 Å². The molecule has 1 aliphatic heterocycles. The summed E-state index contributed by atoms with van der Waals surface area (Å²) in [4.78, 5) is 14.4. The fourth-order valence-electron chi connectivity index (χ4n) is 2.71. The molecule has 2 aromatic rings. The standard InChI is InChI=1S/C19H15BrN2O/c20-18-7-5-14(6-8-18)11-17(12-21)19(23)22-10-9-15-3-1-2-4-16(15)13-22/h1-8,11H,9-10,13H2/b17-11+. The number of benzene rings is 2. The molecule has 0 saturated heterocycles. The number of carbonyl (C=O) groups excluding carboxylic acids is 1. The fourth-order valence-corrected chi connectivity index (χ4v) is 2.97. The lowest BCUT2D eigenvalue weighted by Gasteiger charge is -2.28. The quantitative estimate of drug-likeness (QED) is 0.596. The monoisotopic (exact) mass is 366 g/mol. The molecule has 0 spiro atoms. The van der Waals surface area contributed by atoms with Crippen molar-refractivity contribution in [2.45, 2.75) is 13.0 Å². The number of rotatable bonds is 2. The van der Waals surface area contributed by atoms with Crippen LogP contribution in [0.25, 0.3) is 6.08 Å². The summed E-state index contributed by atoms with van der Waals surface area (Å²) in [5, 5.41) is 9.36. The van der Waals surface area contributed by atoms with E-state index in [1.54, 1.807) is 11.0 Å². The van der Waals surface area contributed by atoms with Gasteiger partial charge in [-0.15, -0.1) is 0 Å². The van der Waals surface area contributed by atoms with E-state index >= 15 is 0 Å². The van der Waals surface area contributed by atoms with Gasteiger partial charge in [0.1, 0.15) is 11.6 Å². The Kier molecular flexibility index (Phi) is 4.59. The van der Waals surface area contributed by atoms with Crippen LogP contribution in [-0.4, -0.2) is 17.4 Å². The molecule has 0 N–H and O–H groups in total. The predicted molar refractivity (Wildman–Crippen MR) is 93.3 cm³/mol. The van der Waals surface area contributed by atoms with Crippen LogP contribution in [0.15, 0.2) is 58.6 Å². The second kappa shape index (κ2) is 6.80. The maximum absolute atomic E-state index is 12.6. The summed E-state index contributed by atoms with van der Waals surface area (Å²) >= 11 is 3.37. The Morgan fingerprint density at radius 3 is 2.52 bits per heavy atom. The minimum absolute atomic E-state index is 0.173. The van der Waals surface area contributed by atoms with E-state index in [2.05, 4.69) is 22.0 Å². The van der Waals surface area contributed by atoms with Gasteiger partial charge in [0.15, 0.2) is 0 Å². The third kappa shape index (κ3) is 3.52. The number of amides is 1. The average molecular weight is 367 g/mol. The van der Waals surface area contributed by atoms with Crippen molar-refractivity contribution in [1.82, 2.24) is 4.90 Å². The number of nitriles is 1. The smallest absolute Gasteiger partial charge is 0.264 e. The Morgan fingerprint density at radius 1 is 1.13 bits per heavy atom. The molecule has 3 nitrogen and oxygen atoms in total. The molecule has 0 atom stereocenters. The zero-order valence-corrected chi connectivity index (χ0v) is 14.1. The van der Waals surface area contributed by atoms with Crippen molar-refractivity contribution in [3.8, 4) is 6.07 Å². The van der Waals surface area contributed by atoms with Gasteiger partial charge in [-0.3, -0.25) is 4.79 Å². The van der Waals surface area contributed by atoms with Crippen LogP contribution in [0.2, 0.25) is 0 Å². The molecule has 0 aromatic heterocycles. The molecule has 3 rings (SSSR count). The molecule has 0 saturated carbocycles. The molecule has 0 bridgehead atoms. The van der Waals surface area contributed by atoms with Crippen molar-refractivity contribution >= 4 is 27.9 Å². The van der Waals surface area contributed by atoms with E-state index < -0.39 is 0 Å². The zero-order valence-electron chi connectivity index (χ0n) is 12.5. The van der Waals surface area contributed by atoms with Gasteiger partial charge in [0, 0.05) is 17.6 Å². The SMILES string of the molecule is N#C/C(=C\c1ccc(Br)cc1)C(=O)N1CCc2ccccc2C1. The maximum atomic E-state index is 12.6. The zero-order chi connectivity index (χ0) is 16.2. The molecular weight excluding hydrogens is 352 g/mol. The molecule has 0 fully saturated rings. The molecule has 1 heterocycles. The Morgan fingerprint density at radius 2 is 1.83 bits per heavy atom. The lowest BCUT2D eigenvalue weighted by Crippen LogP contribution is -2.36. The van der Waals surface area contributed by atoms with E-state index in [1.807, 2.05) is 48.5 Å². The van der Waals surface area contributed by atoms with Crippen molar-refractivity contribution in [2.24, 2.45) is 0 Å². The van der Waals surface area contributed by atoms with Gasteiger partial charge in [0.25, 0.3) is 5.91 Å². The average Bonchev–Trinajstić information content (AvgIpc) is 2.60. The maximum Gasteiger partial charge on any atom is 0.264 e. The highest BCUT2D eigenvalue weighted by Crippen LogP contribution is 2.21. The minimum atomic E-state index is -0.204. The molecule has 4 heteroatoms. The van der Waals surface area contributed by atoms with Gasteiger partial charge < -0.3 is 4.90 Å². The minimum Gasteiger partial charge on any atom is -0.333 e. The van der Waals surface area contributed by atoms with Gasteiger partial charge in [-0.1, -0.05) is 52.3 Å². The second-order valence-electron chi connectivity index (χ2n) is 5.47. The number of hydrogen-bond donors (Lipinski definition) is 0. The first-order valence-corrected chi connectivity index (χ1v) is 8.20. The van der Waals surface area contributed by atoms with E-state index in [-0.39, 0.29) is 11.5 Å². The normalized spacial score (nSPS) is 14.1. The van der Waals surface area contributed by atoms with E-state index in [0.29, 0.717) is 13.1 Å². The summed E-state index contributed by atoms with van der Waals surface area (Å²) in [6.45, 7) is 1.21. The lowest BCUT2D eigenvalue weighted by molar-refractivity contribution is -0.127. The molecule has 1 aliphatic rings. The summed E-state index contributed by atoms with van der Waals surface area (Å²) in [7, 11) is 0. The third-order valence-electron chi connectivity index (χ3n) is 3.95. The first-order valence-electron chi connectivity index (χ1n) is 7.41. The summed E-state index contributed by atoms with van der Waals surface area (Å²) in [5.41, 5.74) is 3.46. The molecule has 0 aliphatic carbocycles. The van der Waals surface area contributed by atoms with E-state index in [9.17, 15) is 10.1 Å². The van der Waals surface area contributed by atoms with Crippen molar-refractivity contribution in [1.29, 1.82) is 5.26 Å². The summed E-state index contributed by atoms with van der Waals surface area (Å²) in [6, 6.07) is 17.7. The van der Waals surface area contributed by atoms with E-state index in [4.69, 9.17) is 0 Å². The predicted octanol–water partition coefficient (Wildman–Crippen LogP) is 3.94. The van der Waals surface area contributed by atoms with Gasteiger partial charge in [0.05, 0.1) is 0 Å². The van der Waals surface area contributed by atoms with Gasteiger partial charge in [0.2, 0.25) is 0 Å². The molecular formula is C19H15BrN2O. The number of hydrogen-bond acceptors (Lipinski definition) is 2. The Balaban J connectivity index is 1.81. The molecule has 1 amide bonds. The van der Waals surface area contributed by atoms with Crippen molar-refractivity contribution in [3.05, 3.63) is 75.3 Å². The Hall–Kier alpha value is -2.38. The first-order chi connectivity index (χ1) is 11.2. The highest BCUT2D eigenvalue weighted by atomic mass is 79.9. The fraction of sp³-hybridized carbons (Fsp3) is 0.158. The van der Waals surface area contributed by atoms with Crippen molar-refractivity contribution in [3.63, 3.8) is 0 Å². The number of fused-ring (bicyclic) bond motifs is 1. The highest BCUT2D eigenvalue weighted by Gasteiger charge is 2.23. The molecule has 2 aromatic carbocycles. The third-order valence-corrected chi connectivity index (χ3v) is 4.48. The van der Waals surface area contributed by atoms with E-state index in [0.717, 1.165) is 22.0 Å². The highest BCUT2D eigenvalue weighted by molar-refractivity contribution is 9.10. The van der Waals surface area contributed by atoms with Gasteiger partial charge in [-0.25, -0.2) is 0 Å². The topological polar surface area (TPSA) is 44.1 Å². The summed E-state index contributed by atoms with van der Waals surface area (Å²) in [6.07, 6.45) is 2.48. The number of halogens is 1. The number of nitrogens with zero attached hydrogens (tertiary/aromatic N) is 2. The second-order valence-corrected chi connectivity index (χ2v) is 6.38. The van der Waals surface area contributed by atoms with Gasteiger partial charge in [-0.2, -0.15) is 5.26 Å². The van der Waals surface area contributed by atoms with Crippen LogP contribution in [0, 0.1) is 11.3 Å². The first kappa shape index (κ1) is 15.5. The Bertz CT molecular complexity index is 803. The van der Waals surface area contributed by atoms with Crippen LogP contribution < -0.4 is 0 Å². The van der Waals surface area contributed by atoms with Crippen LogP contribution in [0.5, 0.6) is 0 Å². The van der Waals surface area contributed by atoms with Crippen LogP contribution in [0.1, 0.15) is 16.7 Å². The van der Waals surface area contributed by atoms with Crippen LogP contribution in [0.4, 0.5) is 0 Å². The Labute approximate surface area is 144 Å². The summed E-state index contributed by atoms with van der Waals surface area (Å²) < 4.78 is 0.965. The van der Waals surface area contributed by atoms with Gasteiger partial charge in [-0.05, 0) is 41.3 Å². The molecule has 0 unspecified atom stereocenters. The van der Waals surface area contributed by atoms with Crippen LogP contribution >= 0.6 is 15.9 Å². The molecule has 0 radical (unpaired) electrons. The summed E-state index contributed by atoms with van der Waals surface area (Å²) in [5.74, 6) is -0.204. The number of carbonyl (C=O) groups is 1. The van der Waals surface area contributed by atoms with E-state index in [1.165, 1.54) is 5.56 Å². The van der Waals surface area contributed by atoms with Crippen LogP contribution in [-0.2, 0) is 17.8 Å². The largest absolute Gasteiger partial charge is 0.333 e. The van der Waals surface area contributed by atoms with Gasteiger partial charge >= 0.3 is 0 Å². The van der Waals surface area contributed by atoms with Crippen molar-refractivity contribution < 1.29 is 4.79 Å². The molecule has 23 heavy (non-hydrogen) atoms. The molecule has 114 valence electrons. The van der Waals surface area contributed by atoms with Crippen molar-refractivity contribution in [2.75, 3.05) is 6.54 Å². The lowest BCUT2D eigenvalue weighted by atomic mass is 9.99.